The second-order valence-corrected chi connectivity index (χ2v) is 3.60. The molecule has 0 radical (unpaired) electrons. The van der Waals surface area contributed by atoms with Gasteiger partial charge >= 0.3 is 0 Å². The van der Waals surface area contributed by atoms with E-state index in [2.05, 4.69) is 4.98 Å². The molecule has 0 bridgehead atoms. The van der Waals surface area contributed by atoms with Crippen molar-refractivity contribution in [3.05, 3.63) is 54.2 Å². The maximum absolute atomic E-state index is 6.02. The van der Waals surface area contributed by atoms with Gasteiger partial charge in [0.05, 0.1) is 6.26 Å². The molecule has 1 unspecified atom stereocenters. The van der Waals surface area contributed by atoms with Crippen LogP contribution < -0.4 is 5.73 Å². The second kappa shape index (κ2) is 4.75. The predicted molar refractivity (Wildman–Crippen MR) is 58.3 cm³/mol. The van der Waals surface area contributed by atoms with E-state index in [0.29, 0.717) is 0 Å². The van der Waals surface area contributed by atoms with E-state index in [1.165, 1.54) is 5.56 Å². The van der Waals surface area contributed by atoms with Crippen molar-refractivity contribution in [2.24, 2.45) is 5.73 Å². The average Bonchev–Trinajstić information content (AvgIpc) is 2.71. The molecule has 78 valence electrons. The van der Waals surface area contributed by atoms with Crippen molar-refractivity contribution in [3.63, 3.8) is 0 Å². The first kappa shape index (κ1) is 9.93. The number of nitrogens with zero attached hydrogens (tertiary/aromatic N) is 1. The fraction of sp³-hybridized carbons (Fsp3) is 0.250. The number of aromatic nitrogens is 1. The topological polar surface area (TPSA) is 52.0 Å². The first-order valence-electron chi connectivity index (χ1n) is 5.01. The summed E-state index contributed by atoms with van der Waals surface area (Å²) in [7, 11) is 0. The Labute approximate surface area is 88.9 Å². The van der Waals surface area contributed by atoms with E-state index in [1.807, 2.05) is 24.3 Å². The Bertz CT molecular complexity index is 383. The van der Waals surface area contributed by atoms with Crippen LogP contribution in [-0.2, 0) is 12.8 Å². The van der Waals surface area contributed by atoms with Gasteiger partial charge in [-0.3, -0.25) is 4.98 Å². The summed E-state index contributed by atoms with van der Waals surface area (Å²) < 4.78 is 5.25. The third kappa shape index (κ3) is 2.92. The molecular weight excluding hydrogens is 188 g/mol. The molecule has 15 heavy (non-hydrogen) atoms. The highest BCUT2D eigenvalue weighted by Gasteiger charge is 2.06. The van der Waals surface area contributed by atoms with E-state index in [4.69, 9.17) is 10.2 Å². The Balaban J connectivity index is 1.90. The molecule has 2 rings (SSSR count). The van der Waals surface area contributed by atoms with Gasteiger partial charge in [0.1, 0.15) is 5.76 Å². The quantitative estimate of drug-likeness (QED) is 0.822. The zero-order valence-corrected chi connectivity index (χ0v) is 8.47. The van der Waals surface area contributed by atoms with Crippen molar-refractivity contribution < 1.29 is 4.42 Å². The number of rotatable bonds is 4. The Morgan fingerprint density at radius 2 is 2.00 bits per heavy atom. The SMILES string of the molecule is NC(Cc1ccncc1)Cc1ccco1. The van der Waals surface area contributed by atoms with Crippen molar-refractivity contribution >= 4 is 0 Å². The molecule has 1 atom stereocenters. The van der Waals surface area contributed by atoms with Crippen molar-refractivity contribution in [1.82, 2.24) is 4.98 Å². The number of hydrogen-bond acceptors (Lipinski definition) is 3. The number of nitrogens with two attached hydrogens (primary N) is 1. The van der Waals surface area contributed by atoms with E-state index in [9.17, 15) is 0 Å². The summed E-state index contributed by atoms with van der Waals surface area (Å²) in [6.07, 6.45) is 6.87. The number of pyridine rings is 1. The molecule has 0 saturated carbocycles. The Morgan fingerprint density at radius 3 is 2.67 bits per heavy atom. The lowest BCUT2D eigenvalue weighted by Crippen LogP contribution is -2.25. The first-order valence-corrected chi connectivity index (χ1v) is 5.01. The fourth-order valence-corrected chi connectivity index (χ4v) is 1.58. The van der Waals surface area contributed by atoms with Gasteiger partial charge in [-0.25, -0.2) is 0 Å². The normalized spacial score (nSPS) is 12.6. The van der Waals surface area contributed by atoms with Crippen LogP contribution in [0.25, 0.3) is 0 Å². The third-order valence-electron chi connectivity index (χ3n) is 2.29. The van der Waals surface area contributed by atoms with Gasteiger partial charge in [-0.2, -0.15) is 0 Å². The van der Waals surface area contributed by atoms with Gasteiger partial charge in [-0.1, -0.05) is 0 Å². The average molecular weight is 202 g/mol. The van der Waals surface area contributed by atoms with Crippen LogP contribution in [0.2, 0.25) is 0 Å². The third-order valence-corrected chi connectivity index (χ3v) is 2.29. The van der Waals surface area contributed by atoms with Gasteiger partial charge in [-0.15, -0.1) is 0 Å². The van der Waals surface area contributed by atoms with E-state index in [1.54, 1.807) is 18.7 Å². The van der Waals surface area contributed by atoms with Gasteiger partial charge in [-0.05, 0) is 36.2 Å². The lowest BCUT2D eigenvalue weighted by molar-refractivity contribution is 0.483. The highest BCUT2D eigenvalue weighted by Crippen LogP contribution is 2.07. The molecule has 2 heterocycles. The molecule has 0 fully saturated rings. The summed E-state index contributed by atoms with van der Waals surface area (Å²) in [6, 6.07) is 7.91. The monoisotopic (exact) mass is 202 g/mol. The lowest BCUT2D eigenvalue weighted by atomic mass is 10.0. The minimum Gasteiger partial charge on any atom is -0.469 e. The molecule has 0 aliphatic carbocycles. The molecular formula is C12H14N2O. The predicted octanol–water partition coefficient (Wildman–Crippen LogP) is 1.79. The van der Waals surface area contributed by atoms with E-state index >= 15 is 0 Å². The Hall–Kier alpha value is -1.61. The van der Waals surface area contributed by atoms with E-state index < -0.39 is 0 Å². The fourth-order valence-electron chi connectivity index (χ4n) is 1.58. The molecule has 0 aromatic carbocycles. The molecule has 2 N–H and O–H groups in total. The minimum absolute atomic E-state index is 0.0959. The van der Waals surface area contributed by atoms with E-state index in [-0.39, 0.29) is 6.04 Å². The number of hydrogen-bond donors (Lipinski definition) is 1. The first-order chi connectivity index (χ1) is 7.34. The molecule has 0 aliphatic heterocycles. The van der Waals surface area contributed by atoms with Crippen molar-refractivity contribution in [2.45, 2.75) is 18.9 Å². The minimum atomic E-state index is 0.0959. The number of furan rings is 1. The molecule has 3 nitrogen and oxygen atoms in total. The van der Waals surface area contributed by atoms with Crippen LogP contribution in [0.15, 0.2) is 47.3 Å². The van der Waals surface area contributed by atoms with Crippen molar-refractivity contribution in [1.29, 1.82) is 0 Å². The van der Waals surface area contributed by atoms with Crippen LogP contribution in [-0.4, -0.2) is 11.0 Å². The van der Waals surface area contributed by atoms with Crippen LogP contribution in [0.3, 0.4) is 0 Å². The summed E-state index contributed by atoms with van der Waals surface area (Å²) in [6.45, 7) is 0. The molecule has 2 aromatic heterocycles. The van der Waals surface area contributed by atoms with Crippen LogP contribution in [0.1, 0.15) is 11.3 Å². The van der Waals surface area contributed by atoms with Crippen LogP contribution in [0, 0.1) is 0 Å². The summed E-state index contributed by atoms with van der Waals surface area (Å²) in [5.41, 5.74) is 7.23. The summed E-state index contributed by atoms with van der Waals surface area (Å²) in [5.74, 6) is 0.941. The van der Waals surface area contributed by atoms with Crippen molar-refractivity contribution in [3.8, 4) is 0 Å². The molecule has 0 spiro atoms. The molecule has 2 aromatic rings. The Morgan fingerprint density at radius 1 is 1.20 bits per heavy atom. The van der Waals surface area contributed by atoms with Gasteiger partial charge < -0.3 is 10.2 Å². The second-order valence-electron chi connectivity index (χ2n) is 3.60. The summed E-state index contributed by atoms with van der Waals surface area (Å²) >= 11 is 0. The summed E-state index contributed by atoms with van der Waals surface area (Å²) in [5, 5.41) is 0. The van der Waals surface area contributed by atoms with Gasteiger partial charge in [0.2, 0.25) is 0 Å². The maximum Gasteiger partial charge on any atom is 0.105 e. The van der Waals surface area contributed by atoms with Gasteiger partial charge in [0.15, 0.2) is 0 Å². The smallest absolute Gasteiger partial charge is 0.105 e. The molecule has 0 aliphatic rings. The van der Waals surface area contributed by atoms with Crippen LogP contribution >= 0.6 is 0 Å². The summed E-state index contributed by atoms with van der Waals surface area (Å²) in [4.78, 5) is 3.97. The highest BCUT2D eigenvalue weighted by molar-refractivity contribution is 5.12. The molecule has 3 heteroatoms. The maximum atomic E-state index is 6.02. The zero-order valence-electron chi connectivity index (χ0n) is 8.47. The van der Waals surface area contributed by atoms with Crippen LogP contribution in [0.5, 0.6) is 0 Å². The van der Waals surface area contributed by atoms with Crippen LogP contribution in [0.4, 0.5) is 0 Å². The highest BCUT2D eigenvalue weighted by atomic mass is 16.3. The largest absolute Gasteiger partial charge is 0.469 e. The van der Waals surface area contributed by atoms with Crippen molar-refractivity contribution in [2.75, 3.05) is 0 Å². The van der Waals surface area contributed by atoms with E-state index in [0.717, 1.165) is 18.6 Å². The molecule has 0 amide bonds. The van der Waals surface area contributed by atoms with Gasteiger partial charge in [0.25, 0.3) is 0 Å². The standard InChI is InChI=1S/C12H14N2O/c13-11(9-12-2-1-7-15-12)8-10-3-5-14-6-4-10/h1-7,11H,8-9,13H2. The zero-order chi connectivity index (χ0) is 10.5. The lowest BCUT2D eigenvalue weighted by Gasteiger charge is -2.09. The molecule has 0 saturated heterocycles. The Kier molecular flexibility index (Phi) is 3.15. The van der Waals surface area contributed by atoms with Gasteiger partial charge in [0, 0.05) is 24.9 Å².